The minimum Gasteiger partial charge on any atom is -0.0736 e. The summed E-state index contributed by atoms with van der Waals surface area (Å²) in [4.78, 5) is 0. The van der Waals surface area contributed by atoms with E-state index in [0.29, 0.717) is 5.41 Å². The van der Waals surface area contributed by atoms with Crippen molar-refractivity contribution in [3.63, 3.8) is 0 Å². The molecule has 1 aliphatic carbocycles. The van der Waals surface area contributed by atoms with Gasteiger partial charge >= 0.3 is 0 Å². The molecule has 64 valence electrons. The van der Waals surface area contributed by atoms with Crippen LogP contribution < -0.4 is 0 Å². The Kier molecular flexibility index (Phi) is 2.41. The topological polar surface area (TPSA) is 0 Å². The summed E-state index contributed by atoms with van der Waals surface area (Å²) >= 11 is 0. The number of allylic oxidation sites excluding steroid dienone is 2. The predicted molar refractivity (Wildman–Crippen MR) is 50.6 cm³/mol. The van der Waals surface area contributed by atoms with Crippen LogP contribution in [0.2, 0.25) is 0 Å². The molecule has 0 aliphatic heterocycles. The number of hydrogen-bond acceptors (Lipinski definition) is 0. The maximum absolute atomic E-state index is 2.38. The van der Waals surface area contributed by atoms with Gasteiger partial charge in [-0.05, 0) is 38.0 Å². The van der Waals surface area contributed by atoms with Crippen molar-refractivity contribution in [2.24, 2.45) is 5.41 Å². The largest absolute Gasteiger partial charge is 0.0736 e. The average molecular weight is 152 g/mol. The Balaban J connectivity index is 2.92. The molecule has 0 saturated heterocycles. The van der Waals surface area contributed by atoms with Gasteiger partial charge in [0.1, 0.15) is 0 Å². The van der Waals surface area contributed by atoms with Gasteiger partial charge in [0.25, 0.3) is 0 Å². The minimum absolute atomic E-state index is 0.497. The quantitative estimate of drug-likeness (QED) is 0.499. The third-order valence-corrected chi connectivity index (χ3v) is 3.04. The van der Waals surface area contributed by atoms with Crippen LogP contribution in [0.25, 0.3) is 0 Å². The fraction of sp³-hybridized carbons (Fsp3) is 0.818. The fourth-order valence-corrected chi connectivity index (χ4v) is 2.46. The Bertz CT molecular complexity index is 172. The van der Waals surface area contributed by atoms with Crippen LogP contribution >= 0.6 is 0 Å². The Morgan fingerprint density at radius 1 is 1.36 bits per heavy atom. The van der Waals surface area contributed by atoms with E-state index in [1.807, 2.05) is 0 Å². The van der Waals surface area contributed by atoms with Crippen molar-refractivity contribution in [2.75, 3.05) is 0 Å². The van der Waals surface area contributed by atoms with Gasteiger partial charge in [0.15, 0.2) is 0 Å². The molecule has 0 aromatic heterocycles. The molecule has 0 heteroatoms. The predicted octanol–water partition coefficient (Wildman–Crippen LogP) is 3.92. The van der Waals surface area contributed by atoms with Gasteiger partial charge < -0.3 is 0 Å². The van der Waals surface area contributed by atoms with Crippen molar-refractivity contribution in [2.45, 2.75) is 53.4 Å². The smallest absolute Gasteiger partial charge is 0.0142 e. The SMILES string of the molecule is CCC1=C(C)CCCC1(C)C. The molecule has 0 fully saturated rings. The van der Waals surface area contributed by atoms with Crippen LogP contribution in [0.5, 0.6) is 0 Å². The molecule has 0 aromatic carbocycles. The van der Waals surface area contributed by atoms with Gasteiger partial charge in [-0.1, -0.05) is 31.9 Å². The highest BCUT2D eigenvalue weighted by molar-refractivity contribution is 5.21. The maximum atomic E-state index is 2.38. The maximum Gasteiger partial charge on any atom is -0.0142 e. The molecule has 1 aliphatic rings. The lowest BCUT2D eigenvalue weighted by atomic mass is 9.72. The molecule has 1 rings (SSSR count). The van der Waals surface area contributed by atoms with Gasteiger partial charge in [0, 0.05) is 0 Å². The van der Waals surface area contributed by atoms with Gasteiger partial charge in [0.2, 0.25) is 0 Å². The van der Waals surface area contributed by atoms with Crippen molar-refractivity contribution in [3.8, 4) is 0 Å². The molecule has 0 spiro atoms. The fourth-order valence-electron chi connectivity index (χ4n) is 2.46. The van der Waals surface area contributed by atoms with E-state index in [4.69, 9.17) is 0 Å². The van der Waals surface area contributed by atoms with Crippen LogP contribution in [0.3, 0.4) is 0 Å². The molecule has 0 unspecified atom stereocenters. The number of hydrogen-bond donors (Lipinski definition) is 0. The highest BCUT2D eigenvalue weighted by atomic mass is 14.3. The van der Waals surface area contributed by atoms with E-state index in [9.17, 15) is 0 Å². The van der Waals surface area contributed by atoms with Crippen LogP contribution in [0.1, 0.15) is 53.4 Å². The van der Waals surface area contributed by atoms with Crippen molar-refractivity contribution in [1.29, 1.82) is 0 Å². The molecule has 0 heterocycles. The number of rotatable bonds is 1. The Hall–Kier alpha value is -0.260. The monoisotopic (exact) mass is 152 g/mol. The molecule has 0 bridgehead atoms. The summed E-state index contributed by atoms with van der Waals surface area (Å²) in [6, 6.07) is 0. The van der Waals surface area contributed by atoms with Crippen molar-refractivity contribution in [1.82, 2.24) is 0 Å². The molecular formula is C11H20. The zero-order valence-electron chi connectivity index (χ0n) is 8.33. The second-order valence-corrected chi connectivity index (χ2v) is 4.35. The molecule has 0 aromatic rings. The standard InChI is InChI=1S/C11H20/c1-5-10-9(2)7-6-8-11(10,3)4/h5-8H2,1-4H3. The Morgan fingerprint density at radius 3 is 2.36 bits per heavy atom. The lowest BCUT2D eigenvalue weighted by Gasteiger charge is -2.34. The first-order chi connectivity index (χ1) is 5.08. The first kappa shape index (κ1) is 8.83. The molecule has 11 heavy (non-hydrogen) atoms. The average Bonchev–Trinajstić information content (AvgIpc) is 1.86. The summed E-state index contributed by atoms with van der Waals surface area (Å²) < 4.78 is 0. The summed E-state index contributed by atoms with van der Waals surface area (Å²) in [6.45, 7) is 9.36. The summed E-state index contributed by atoms with van der Waals surface area (Å²) in [7, 11) is 0. The van der Waals surface area contributed by atoms with Crippen LogP contribution in [-0.4, -0.2) is 0 Å². The van der Waals surface area contributed by atoms with Crippen molar-refractivity contribution >= 4 is 0 Å². The van der Waals surface area contributed by atoms with Gasteiger partial charge in [-0.3, -0.25) is 0 Å². The van der Waals surface area contributed by atoms with E-state index in [-0.39, 0.29) is 0 Å². The molecule has 0 amide bonds. The second kappa shape index (κ2) is 3.00. The summed E-state index contributed by atoms with van der Waals surface area (Å²) in [5, 5.41) is 0. The van der Waals surface area contributed by atoms with Crippen LogP contribution in [0.15, 0.2) is 11.1 Å². The van der Waals surface area contributed by atoms with Gasteiger partial charge in [-0.25, -0.2) is 0 Å². The summed E-state index contributed by atoms with van der Waals surface area (Å²) in [5.41, 5.74) is 3.87. The second-order valence-electron chi connectivity index (χ2n) is 4.35. The molecule has 0 atom stereocenters. The van der Waals surface area contributed by atoms with E-state index < -0.39 is 0 Å². The minimum atomic E-state index is 0.497. The van der Waals surface area contributed by atoms with Crippen molar-refractivity contribution < 1.29 is 0 Å². The zero-order chi connectivity index (χ0) is 8.48. The van der Waals surface area contributed by atoms with E-state index in [2.05, 4.69) is 27.7 Å². The van der Waals surface area contributed by atoms with Gasteiger partial charge in [-0.15, -0.1) is 0 Å². The van der Waals surface area contributed by atoms with Crippen LogP contribution in [0, 0.1) is 5.41 Å². The molecule has 0 saturated carbocycles. The van der Waals surface area contributed by atoms with Crippen molar-refractivity contribution in [3.05, 3.63) is 11.1 Å². The summed E-state index contributed by atoms with van der Waals surface area (Å²) in [5.74, 6) is 0. The molecule has 0 radical (unpaired) electrons. The first-order valence-corrected chi connectivity index (χ1v) is 4.77. The molecule has 0 nitrogen and oxygen atoms in total. The van der Waals surface area contributed by atoms with Crippen LogP contribution in [-0.2, 0) is 0 Å². The highest BCUT2D eigenvalue weighted by Gasteiger charge is 2.26. The summed E-state index contributed by atoms with van der Waals surface area (Å²) in [6.07, 6.45) is 5.36. The lowest BCUT2D eigenvalue weighted by Crippen LogP contribution is -2.19. The Morgan fingerprint density at radius 2 is 2.00 bits per heavy atom. The Labute approximate surface area is 70.7 Å². The normalized spacial score (nSPS) is 24.0. The third-order valence-electron chi connectivity index (χ3n) is 3.04. The van der Waals surface area contributed by atoms with E-state index in [0.717, 1.165) is 0 Å². The van der Waals surface area contributed by atoms with E-state index in [1.54, 1.807) is 11.1 Å². The van der Waals surface area contributed by atoms with Gasteiger partial charge in [0.05, 0.1) is 0 Å². The van der Waals surface area contributed by atoms with Crippen LogP contribution in [0.4, 0.5) is 0 Å². The third kappa shape index (κ3) is 1.66. The van der Waals surface area contributed by atoms with E-state index in [1.165, 1.54) is 25.7 Å². The van der Waals surface area contributed by atoms with Gasteiger partial charge in [-0.2, -0.15) is 0 Å². The molecular weight excluding hydrogens is 132 g/mol. The first-order valence-electron chi connectivity index (χ1n) is 4.77. The molecule has 0 N–H and O–H groups in total. The zero-order valence-corrected chi connectivity index (χ0v) is 8.33. The van der Waals surface area contributed by atoms with E-state index >= 15 is 0 Å². The lowest BCUT2D eigenvalue weighted by molar-refractivity contribution is 0.357. The highest BCUT2D eigenvalue weighted by Crippen LogP contribution is 2.41.